The van der Waals surface area contributed by atoms with Crippen LogP contribution in [0.1, 0.15) is 27.3 Å². The first-order valence-electron chi connectivity index (χ1n) is 9.41. The zero-order valence-corrected chi connectivity index (χ0v) is 18.0. The molecule has 30 heavy (non-hydrogen) atoms. The molecule has 6 heteroatoms. The maximum absolute atomic E-state index is 12.6. The molecule has 0 aliphatic rings. The lowest BCUT2D eigenvalue weighted by Crippen LogP contribution is -2.18. The molecule has 1 heterocycles. The van der Waals surface area contributed by atoms with E-state index in [0.717, 1.165) is 33.4 Å². The Bertz CT molecular complexity index is 1290. The molecule has 1 amide bonds. The molecule has 150 valence electrons. The molecule has 0 spiro atoms. The van der Waals surface area contributed by atoms with E-state index in [0.29, 0.717) is 15.6 Å². The lowest BCUT2D eigenvalue weighted by molar-refractivity contribution is 0.0957. The van der Waals surface area contributed by atoms with E-state index in [4.69, 9.17) is 23.2 Å². The summed E-state index contributed by atoms with van der Waals surface area (Å²) in [7, 11) is 0. The third-order valence-electron chi connectivity index (χ3n) is 5.02. The van der Waals surface area contributed by atoms with Gasteiger partial charge in [0.25, 0.3) is 5.91 Å². The van der Waals surface area contributed by atoms with Crippen LogP contribution in [0.25, 0.3) is 16.5 Å². The van der Waals surface area contributed by atoms with Crippen LogP contribution in [0.15, 0.2) is 71.8 Å². The van der Waals surface area contributed by atoms with Crippen LogP contribution in [0.2, 0.25) is 10.0 Å². The molecular formula is C24H19Cl2N3O. The van der Waals surface area contributed by atoms with E-state index in [1.54, 1.807) is 24.4 Å². The maximum atomic E-state index is 12.6. The number of benzene rings is 3. The molecule has 0 aliphatic heterocycles. The van der Waals surface area contributed by atoms with Crippen LogP contribution in [0.5, 0.6) is 0 Å². The number of halogens is 2. The first-order chi connectivity index (χ1) is 14.5. The molecule has 0 saturated heterocycles. The summed E-state index contributed by atoms with van der Waals surface area (Å²) >= 11 is 12.5. The number of hydrazone groups is 1. The van der Waals surface area contributed by atoms with Gasteiger partial charge in [0, 0.05) is 27.5 Å². The minimum absolute atomic E-state index is 0.255. The smallest absolute Gasteiger partial charge is 0.271 e. The average Bonchev–Trinajstić information content (AvgIpc) is 3.02. The number of hydrogen-bond acceptors (Lipinski definition) is 2. The van der Waals surface area contributed by atoms with Crippen LogP contribution in [0, 0.1) is 13.8 Å². The van der Waals surface area contributed by atoms with Crippen LogP contribution >= 0.6 is 23.2 Å². The van der Waals surface area contributed by atoms with Gasteiger partial charge in [0.2, 0.25) is 0 Å². The summed E-state index contributed by atoms with van der Waals surface area (Å²) in [5.41, 5.74) is 6.82. The molecule has 1 aromatic heterocycles. The summed E-state index contributed by atoms with van der Waals surface area (Å²) < 4.78 is 2.02. The maximum Gasteiger partial charge on any atom is 0.271 e. The fraction of sp³-hybridized carbons (Fsp3) is 0.0833. The van der Waals surface area contributed by atoms with E-state index in [9.17, 15) is 4.79 Å². The van der Waals surface area contributed by atoms with Crippen molar-refractivity contribution in [2.75, 3.05) is 0 Å². The summed E-state index contributed by atoms with van der Waals surface area (Å²) in [5.74, 6) is -0.255. The monoisotopic (exact) mass is 435 g/mol. The van der Waals surface area contributed by atoms with Crippen molar-refractivity contribution >= 4 is 46.1 Å². The summed E-state index contributed by atoms with van der Waals surface area (Å²) in [4.78, 5) is 12.6. The number of fused-ring (bicyclic) bond motifs is 1. The highest BCUT2D eigenvalue weighted by Crippen LogP contribution is 2.28. The number of rotatable bonds is 4. The van der Waals surface area contributed by atoms with E-state index in [1.807, 2.05) is 66.9 Å². The van der Waals surface area contributed by atoms with Crippen LogP contribution in [-0.4, -0.2) is 16.7 Å². The van der Waals surface area contributed by atoms with Crippen LogP contribution in [-0.2, 0) is 0 Å². The van der Waals surface area contributed by atoms with Gasteiger partial charge in [-0.1, -0.05) is 59.6 Å². The van der Waals surface area contributed by atoms with Gasteiger partial charge >= 0.3 is 0 Å². The topological polar surface area (TPSA) is 46.4 Å². The van der Waals surface area contributed by atoms with Gasteiger partial charge in [-0.3, -0.25) is 4.79 Å². The number of carbonyl (C=O) groups is 1. The minimum atomic E-state index is -0.255. The molecule has 4 nitrogen and oxygen atoms in total. The number of aryl methyl sites for hydroxylation is 1. The summed E-state index contributed by atoms with van der Waals surface area (Å²) in [6.45, 7) is 3.95. The number of nitrogens with zero attached hydrogens (tertiary/aromatic N) is 2. The molecule has 0 aliphatic carbocycles. The van der Waals surface area contributed by atoms with Gasteiger partial charge in [-0.2, -0.15) is 5.10 Å². The van der Waals surface area contributed by atoms with Crippen molar-refractivity contribution in [2.45, 2.75) is 13.8 Å². The SMILES string of the molecule is Cc1cc(/C=N\NC(=O)c2cccc3ccccc23)c(C)n1-c1cc(Cl)ccc1Cl. The number of nitrogens with one attached hydrogen (secondary N) is 1. The van der Waals surface area contributed by atoms with E-state index in [1.165, 1.54) is 0 Å². The van der Waals surface area contributed by atoms with Crippen molar-refractivity contribution < 1.29 is 4.79 Å². The number of carbonyl (C=O) groups excluding carboxylic acids is 1. The third kappa shape index (κ3) is 3.84. The van der Waals surface area contributed by atoms with Gasteiger partial charge in [0.05, 0.1) is 16.9 Å². The highest BCUT2D eigenvalue weighted by molar-refractivity contribution is 6.34. The van der Waals surface area contributed by atoms with Crippen molar-refractivity contribution in [3.05, 3.63) is 99.3 Å². The molecule has 0 saturated carbocycles. The number of amides is 1. The lowest BCUT2D eigenvalue weighted by atomic mass is 10.0. The lowest BCUT2D eigenvalue weighted by Gasteiger charge is -2.12. The van der Waals surface area contributed by atoms with Gasteiger partial charge < -0.3 is 4.57 Å². The molecule has 4 rings (SSSR count). The molecular weight excluding hydrogens is 417 g/mol. The van der Waals surface area contributed by atoms with Gasteiger partial charge in [-0.15, -0.1) is 0 Å². The fourth-order valence-electron chi connectivity index (χ4n) is 3.59. The predicted molar refractivity (Wildman–Crippen MR) is 124 cm³/mol. The Morgan fingerprint density at radius 2 is 1.77 bits per heavy atom. The van der Waals surface area contributed by atoms with Gasteiger partial charge in [0.15, 0.2) is 0 Å². The van der Waals surface area contributed by atoms with Crippen molar-refractivity contribution in [3.8, 4) is 5.69 Å². The first-order valence-corrected chi connectivity index (χ1v) is 10.2. The summed E-state index contributed by atoms with van der Waals surface area (Å²) in [6.07, 6.45) is 1.64. The fourth-order valence-corrected chi connectivity index (χ4v) is 3.96. The highest BCUT2D eigenvalue weighted by atomic mass is 35.5. The Labute approximate surface area is 184 Å². The van der Waals surface area contributed by atoms with Crippen LogP contribution < -0.4 is 5.43 Å². The third-order valence-corrected chi connectivity index (χ3v) is 5.58. The molecule has 1 N–H and O–H groups in total. The zero-order valence-electron chi connectivity index (χ0n) is 16.5. The molecule has 0 unspecified atom stereocenters. The van der Waals surface area contributed by atoms with E-state index < -0.39 is 0 Å². The van der Waals surface area contributed by atoms with Crippen LogP contribution in [0.3, 0.4) is 0 Å². The highest BCUT2D eigenvalue weighted by Gasteiger charge is 2.13. The normalized spacial score (nSPS) is 11.3. The Balaban J connectivity index is 1.59. The van der Waals surface area contributed by atoms with Crippen molar-refractivity contribution in [2.24, 2.45) is 5.10 Å². The molecule has 0 fully saturated rings. The zero-order chi connectivity index (χ0) is 21.3. The summed E-state index contributed by atoms with van der Waals surface area (Å²) in [5, 5.41) is 7.29. The van der Waals surface area contributed by atoms with E-state index in [-0.39, 0.29) is 5.91 Å². The van der Waals surface area contributed by atoms with E-state index >= 15 is 0 Å². The van der Waals surface area contributed by atoms with Gasteiger partial charge in [-0.05, 0) is 55.0 Å². The second-order valence-corrected chi connectivity index (χ2v) is 7.83. The van der Waals surface area contributed by atoms with Crippen molar-refractivity contribution in [1.29, 1.82) is 0 Å². The Morgan fingerprint density at radius 3 is 2.60 bits per heavy atom. The minimum Gasteiger partial charge on any atom is -0.316 e. The Morgan fingerprint density at radius 1 is 1.00 bits per heavy atom. The van der Waals surface area contributed by atoms with Crippen molar-refractivity contribution in [3.63, 3.8) is 0 Å². The van der Waals surface area contributed by atoms with Gasteiger partial charge in [0.1, 0.15) is 0 Å². The molecule has 0 atom stereocenters. The second-order valence-electron chi connectivity index (χ2n) is 6.98. The predicted octanol–water partition coefficient (Wildman–Crippen LogP) is 6.32. The first kappa shape index (κ1) is 20.2. The molecule has 0 bridgehead atoms. The Kier molecular flexibility index (Phi) is 5.62. The number of hydrogen-bond donors (Lipinski definition) is 1. The quantitative estimate of drug-likeness (QED) is 0.295. The summed E-state index contributed by atoms with van der Waals surface area (Å²) in [6, 6.07) is 20.7. The molecule has 4 aromatic rings. The average molecular weight is 436 g/mol. The van der Waals surface area contributed by atoms with Crippen molar-refractivity contribution in [1.82, 2.24) is 9.99 Å². The standard InChI is InChI=1S/C24H19Cl2N3O/c1-15-12-18(16(2)29(15)23-13-19(25)10-11-22(23)26)14-27-28-24(30)21-9-5-7-17-6-3-4-8-20(17)21/h3-14H,1-2H3,(H,28,30)/b27-14-. The van der Waals surface area contributed by atoms with Gasteiger partial charge in [-0.25, -0.2) is 5.43 Å². The second kappa shape index (κ2) is 8.34. The largest absolute Gasteiger partial charge is 0.316 e. The number of aromatic nitrogens is 1. The molecule has 3 aromatic carbocycles. The molecule has 0 radical (unpaired) electrons. The Hall–Kier alpha value is -3.08. The van der Waals surface area contributed by atoms with E-state index in [2.05, 4.69) is 10.5 Å². The van der Waals surface area contributed by atoms with Crippen LogP contribution in [0.4, 0.5) is 0 Å².